The first-order valence-corrected chi connectivity index (χ1v) is 15.2. The molecule has 0 aliphatic rings. The van der Waals surface area contributed by atoms with E-state index in [0.29, 0.717) is 60.8 Å². The number of benzene rings is 3. The second-order valence-corrected chi connectivity index (χ2v) is 10.5. The number of carbonyl (C=O) groups excluding carboxylic acids is 1. The van der Waals surface area contributed by atoms with Crippen molar-refractivity contribution in [2.45, 2.75) is 45.9 Å². The summed E-state index contributed by atoms with van der Waals surface area (Å²) < 4.78 is 17.8. The maximum absolute atomic E-state index is 12.1. The fourth-order valence-corrected chi connectivity index (χ4v) is 5.01. The summed E-state index contributed by atoms with van der Waals surface area (Å²) >= 11 is 0. The van der Waals surface area contributed by atoms with Crippen molar-refractivity contribution >= 4 is 23.2 Å². The summed E-state index contributed by atoms with van der Waals surface area (Å²) in [7, 11) is 0. The molecule has 0 saturated carbocycles. The van der Waals surface area contributed by atoms with Gasteiger partial charge in [0.15, 0.2) is 0 Å². The number of carboxylic acid groups (broad SMARTS) is 1. The lowest BCUT2D eigenvalue weighted by atomic mass is 9.98. The number of fused-ring (bicyclic) bond motifs is 1. The number of rotatable bonds is 16. The quantitative estimate of drug-likeness (QED) is 0.0599. The van der Waals surface area contributed by atoms with E-state index in [-0.39, 0.29) is 18.8 Å². The van der Waals surface area contributed by atoms with Gasteiger partial charge < -0.3 is 24.2 Å². The van der Waals surface area contributed by atoms with E-state index in [1.54, 1.807) is 29.7 Å². The summed E-state index contributed by atoms with van der Waals surface area (Å²) in [5.41, 5.74) is 4.51. The molecule has 48 heavy (non-hydrogen) atoms. The van der Waals surface area contributed by atoms with Gasteiger partial charge in [-0.25, -0.2) is 9.59 Å². The Kier molecular flexibility index (Phi) is 10.7. The minimum absolute atomic E-state index is 0.0141. The minimum atomic E-state index is -1.05. The van der Waals surface area contributed by atoms with E-state index in [0.717, 1.165) is 16.7 Å². The molecule has 5 aromatic rings. The Morgan fingerprint density at radius 3 is 2.46 bits per heavy atom. The zero-order valence-electron chi connectivity index (χ0n) is 26.2. The number of aromatic carboxylic acids is 1. The number of aromatic nitrogens is 6. The molecule has 0 fully saturated rings. The number of para-hydroxylation sites is 1. The number of carbonyl (C=O) groups is 2. The van der Waals surface area contributed by atoms with Crippen LogP contribution in [-0.2, 0) is 20.9 Å². The van der Waals surface area contributed by atoms with Gasteiger partial charge in [-0.3, -0.25) is 4.57 Å². The molecule has 0 saturated heterocycles. The summed E-state index contributed by atoms with van der Waals surface area (Å²) in [6.45, 7) is 4.21. The predicted octanol–water partition coefficient (Wildman–Crippen LogP) is 5.55. The van der Waals surface area contributed by atoms with Gasteiger partial charge in [0.05, 0.1) is 43.0 Å². The van der Waals surface area contributed by atoms with Crippen LogP contribution in [0.25, 0.3) is 33.5 Å². The van der Waals surface area contributed by atoms with Crippen LogP contribution in [0.3, 0.4) is 0 Å². The van der Waals surface area contributed by atoms with Gasteiger partial charge in [0.2, 0.25) is 12.1 Å². The van der Waals surface area contributed by atoms with Crippen molar-refractivity contribution < 1.29 is 38.8 Å². The number of imidazole rings is 1. The number of carboxylic acids is 1. The lowest BCUT2D eigenvalue weighted by Crippen LogP contribution is -2.18. The lowest BCUT2D eigenvalue weighted by Gasteiger charge is -2.12. The minimum Gasteiger partial charge on any atom is -0.478 e. The number of ether oxygens (including phenoxy) is 3. The summed E-state index contributed by atoms with van der Waals surface area (Å²) in [5, 5.41) is 31.8. The second kappa shape index (κ2) is 15.5. The number of hydrogen-bond donors (Lipinski definition) is 1. The molecule has 0 bridgehead atoms. The SMILES string of the molecule is CCOc1nc2cccc(C(=O)O)c2n1Cc1ccc(-c2ccccc2-c2nnn(C(C)OC(=O)OCCCCCO[N+](=O)[O-])n2)cc1. The molecule has 16 nitrogen and oxygen atoms in total. The van der Waals surface area contributed by atoms with E-state index >= 15 is 0 Å². The van der Waals surface area contributed by atoms with Gasteiger partial charge in [0, 0.05) is 5.56 Å². The topological polar surface area (TPSA) is 196 Å². The number of tetrazole rings is 1. The Balaban J connectivity index is 1.26. The molecule has 2 aromatic heterocycles. The molecule has 0 aliphatic heterocycles. The van der Waals surface area contributed by atoms with Crippen molar-refractivity contribution in [1.82, 2.24) is 29.8 Å². The zero-order valence-corrected chi connectivity index (χ0v) is 26.2. The molecule has 0 radical (unpaired) electrons. The van der Waals surface area contributed by atoms with E-state index in [2.05, 4.69) is 25.2 Å². The van der Waals surface area contributed by atoms with Gasteiger partial charge in [-0.1, -0.05) is 54.6 Å². The maximum Gasteiger partial charge on any atom is 0.510 e. The van der Waals surface area contributed by atoms with E-state index < -0.39 is 23.4 Å². The smallest absolute Gasteiger partial charge is 0.478 e. The van der Waals surface area contributed by atoms with Gasteiger partial charge in [0.25, 0.3) is 11.1 Å². The third kappa shape index (κ3) is 8.01. The van der Waals surface area contributed by atoms with E-state index in [9.17, 15) is 24.8 Å². The normalized spacial score (nSPS) is 11.6. The molecule has 3 aromatic carbocycles. The van der Waals surface area contributed by atoms with E-state index in [1.165, 1.54) is 4.80 Å². The molecule has 1 unspecified atom stereocenters. The summed E-state index contributed by atoms with van der Waals surface area (Å²) in [6, 6.07) is 20.7. The van der Waals surface area contributed by atoms with Crippen LogP contribution in [0.15, 0.2) is 66.7 Å². The van der Waals surface area contributed by atoms with Crippen molar-refractivity contribution in [3.05, 3.63) is 88.0 Å². The molecule has 0 aliphatic carbocycles. The van der Waals surface area contributed by atoms with E-state index in [1.807, 2.05) is 55.5 Å². The summed E-state index contributed by atoms with van der Waals surface area (Å²) in [5.74, 6) is -0.724. The number of hydrogen-bond acceptors (Lipinski definition) is 12. The van der Waals surface area contributed by atoms with Gasteiger partial charge >= 0.3 is 12.1 Å². The third-order valence-corrected chi connectivity index (χ3v) is 7.23. The van der Waals surface area contributed by atoms with Crippen LogP contribution in [0.2, 0.25) is 0 Å². The second-order valence-electron chi connectivity index (χ2n) is 10.5. The third-order valence-electron chi connectivity index (χ3n) is 7.23. The standard InChI is InChI=1S/C32H33N7O9/c1-3-45-31-33-27-13-9-12-26(30(40)41)28(27)37(31)20-22-14-16-23(17-15-22)24-10-5-6-11-25(24)29-34-36-38(35-29)21(2)48-32(42)46-18-7-4-8-19-47-39(43)44/h5-6,9-17,21H,3-4,7-8,18-20H2,1-2H3,(H,40,41). The largest absolute Gasteiger partial charge is 0.510 e. The predicted molar refractivity (Wildman–Crippen MR) is 170 cm³/mol. The van der Waals surface area contributed by atoms with Gasteiger partial charge in [-0.05, 0) is 67.1 Å². The first-order chi connectivity index (χ1) is 23.2. The van der Waals surface area contributed by atoms with E-state index in [4.69, 9.17) is 14.2 Å². The lowest BCUT2D eigenvalue weighted by molar-refractivity contribution is -0.757. The van der Waals surface area contributed by atoms with Crippen LogP contribution in [0.1, 0.15) is 55.3 Å². The Bertz CT molecular complexity index is 1890. The van der Waals surface area contributed by atoms with Crippen molar-refractivity contribution in [2.75, 3.05) is 19.8 Å². The highest BCUT2D eigenvalue weighted by molar-refractivity contribution is 6.01. The zero-order chi connectivity index (χ0) is 34.0. The van der Waals surface area contributed by atoms with Gasteiger partial charge in [0.1, 0.15) is 0 Å². The van der Waals surface area contributed by atoms with Crippen molar-refractivity contribution in [1.29, 1.82) is 0 Å². The summed E-state index contributed by atoms with van der Waals surface area (Å²) in [6.07, 6.45) is -0.271. The molecule has 16 heteroatoms. The first-order valence-electron chi connectivity index (χ1n) is 15.2. The Morgan fingerprint density at radius 1 is 0.979 bits per heavy atom. The fourth-order valence-electron chi connectivity index (χ4n) is 5.01. The number of unbranched alkanes of at least 4 members (excludes halogenated alkanes) is 2. The molecule has 5 rings (SSSR count). The molecule has 0 amide bonds. The average Bonchev–Trinajstić information content (AvgIpc) is 3.70. The first kappa shape index (κ1) is 33.3. The van der Waals surface area contributed by atoms with Crippen LogP contribution in [0.5, 0.6) is 6.01 Å². The Hall–Kier alpha value is -6.06. The molecule has 250 valence electrons. The van der Waals surface area contributed by atoms with Crippen molar-refractivity contribution in [3.63, 3.8) is 0 Å². The Labute approximate surface area is 273 Å². The highest BCUT2D eigenvalue weighted by Crippen LogP contribution is 2.31. The maximum atomic E-state index is 12.1. The van der Waals surface area contributed by atoms with Crippen LogP contribution in [0.4, 0.5) is 4.79 Å². The number of nitrogens with zero attached hydrogens (tertiary/aromatic N) is 7. The molecule has 0 spiro atoms. The molecule has 1 atom stereocenters. The molecular formula is C32H33N7O9. The van der Waals surface area contributed by atoms with Crippen LogP contribution >= 0.6 is 0 Å². The van der Waals surface area contributed by atoms with Gasteiger partial charge in [-0.2, -0.15) is 4.98 Å². The molecular weight excluding hydrogens is 626 g/mol. The molecule has 2 heterocycles. The fraction of sp³-hybridized carbons (Fsp3) is 0.312. The molecule has 1 N–H and O–H groups in total. The van der Waals surface area contributed by atoms with Crippen LogP contribution in [0, 0.1) is 10.1 Å². The van der Waals surface area contributed by atoms with Crippen LogP contribution < -0.4 is 4.74 Å². The highest BCUT2D eigenvalue weighted by Gasteiger charge is 2.20. The Morgan fingerprint density at radius 2 is 1.73 bits per heavy atom. The highest BCUT2D eigenvalue weighted by atomic mass is 16.9. The van der Waals surface area contributed by atoms with Crippen molar-refractivity contribution in [3.8, 4) is 28.5 Å². The van der Waals surface area contributed by atoms with Crippen LogP contribution in [-0.4, -0.2) is 71.9 Å². The monoisotopic (exact) mass is 659 g/mol. The summed E-state index contributed by atoms with van der Waals surface area (Å²) in [4.78, 5) is 44.2. The van der Waals surface area contributed by atoms with Gasteiger partial charge in [-0.15, -0.1) is 25.1 Å². The average molecular weight is 660 g/mol. The van der Waals surface area contributed by atoms with Crippen molar-refractivity contribution in [2.24, 2.45) is 0 Å².